The maximum absolute atomic E-state index is 5.10. The van der Waals surface area contributed by atoms with Crippen LogP contribution in [-0.2, 0) is 0 Å². The molecule has 14 saturated carbocycles. The normalized spacial score (nSPS) is 33.7. The van der Waals surface area contributed by atoms with Crippen LogP contribution in [0.15, 0.2) is 212 Å². The summed E-state index contributed by atoms with van der Waals surface area (Å²) in [6, 6.07) is 67.2. The first kappa shape index (κ1) is 66.9. The highest BCUT2D eigenvalue weighted by Crippen LogP contribution is 2.84. The lowest BCUT2D eigenvalue weighted by molar-refractivity contribution is -0.324. The van der Waals surface area contributed by atoms with E-state index in [1.807, 2.05) is 212 Å². The fraction of sp³-hybridized carbons (Fsp3) is 0.385. The molecule has 0 radical (unpaired) electrons. The van der Waals surface area contributed by atoms with E-state index in [1.165, 1.54) is 0 Å². The maximum atomic E-state index is 5.10. The van der Waals surface area contributed by atoms with Gasteiger partial charge >= 0.3 is 0 Å². The zero-order valence-corrected chi connectivity index (χ0v) is 55.4. The van der Waals surface area contributed by atoms with Gasteiger partial charge in [-0.2, -0.15) is 0 Å². The maximum Gasteiger partial charge on any atom is 0.0242 e. The molecule has 0 spiro atoms. The molecule has 14 fully saturated rings. The molecule has 8 unspecified atom stereocenters. The van der Waals surface area contributed by atoms with Gasteiger partial charge in [-0.3, -0.25) is 0 Å². The Balaban J connectivity index is 0.000000125. The van der Waals surface area contributed by atoms with Crippen LogP contribution < -0.4 is 0 Å². The number of rotatable bonds is 0. The van der Waals surface area contributed by atoms with E-state index in [0.29, 0.717) is 0 Å². The molecule has 0 heterocycles. The minimum atomic E-state index is 0.724. The second-order valence-electron chi connectivity index (χ2n) is 30.3. The Kier molecular flexibility index (Phi) is 21.1. The highest BCUT2D eigenvalue weighted by atomic mass is 14.8. The van der Waals surface area contributed by atoms with E-state index >= 15 is 0 Å². The van der Waals surface area contributed by atoms with Gasteiger partial charge in [-0.25, -0.2) is 0 Å². The topological polar surface area (TPSA) is 0 Å². The van der Waals surface area contributed by atoms with Crippen molar-refractivity contribution in [1.82, 2.24) is 0 Å². The van der Waals surface area contributed by atoms with E-state index in [1.54, 1.807) is 77.0 Å². The number of benzene rings is 7. The van der Waals surface area contributed by atoms with Crippen LogP contribution in [0, 0.1) is 178 Å². The SMILES string of the molecule is C#Cc1ccccc1.C#Cc1ccccc1.C#Cc1ccccc1.C#Cc1ccccc1.C#Cc1ccccc1.C#Cc1ccccc1.C#Cc1ccccc1.CC12CC3C4CC5(C)CC(C(C1)C3(C)C5)C4(C)C2.CC12CC3C4CC5(C)CC3C(C1)C(C)(C5)C4C2. The minimum Gasteiger partial charge on any atom is -0.115 e. The highest BCUT2D eigenvalue weighted by molar-refractivity contribution is 5.36. The van der Waals surface area contributed by atoms with Crippen molar-refractivity contribution in [3.63, 3.8) is 0 Å². The van der Waals surface area contributed by atoms with Gasteiger partial charge in [-0.1, -0.05) is 217 Å². The minimum absolute atomic E-state index is 0.724. The lowest BCUT2D eigenvalue weighted by Gasteiger charge is -2.81. The molecule has 0 aromatic heterocycles. The molecule has 14 aliphatic rings. The Morgan fingerprint density at radius 2 is 0.385 bits per heavy atom. The Hall–Kier alpha value is -8.54. The van der Waals surface area contributed by atoms with Crippen molar-refractivity contribution in [1.29, 1.82) is 0 Å². The second kappa shape index (κ2) is 28.7. The van der Waals surface area contributed by atoms with Gasteiger partial charge in [0.15, 0.2) is 0 Å². The predicted molar refractivity (Wildman–Crippen MR) is 384 cm³/mol. The van der Waals surface area contributed by atoms with Crippen LogP contribution in [0.4, 0.5) is 0 Å². The van der Waals surface area contributed by atoms with Gasteiger partial charge < -0.3 is 0 Å². The zero-order chi connectivity index (χ0) is 64.9. The molecule has 0 amide bonds. The van der Waals surface area contributed by atoms with E-state index in [0.717, 1.165) is 130 Å². The van der Waals surface area contributed by atoms with Crippen LogP contribution in [0.2, 0.25) is 0 Å². The van der Waals surface area contributed by atoms with Gasteiger partial charge in [0, 0.05) is 38.9 Å². The average molecular weight is 1190 g/mol. The second-order valence-corrected chi connectivity index (χ2v) is 30.3. The van der Waals surface area contributed by atoms with E-state index in [-0.39, 0.29) is 0 Å². The molecular weight excluding hydrogens is 1090 g/mol. The highest BCUT2D eigenvalue weighted by Gasteiger charge is 2.76. The van der Waals surface area contributed by atoms with Crippen molar-refractivity contribution in [2.24, 2.45) is 91.2 Å². The monoisotopic (exact) mass is 1190 g/mol. The third kappa shape index (κ3) is 15.1. The van der Waals surface area contributed by atoms with Crippen LogP contribution in [0.25, 0.3) is 0 Å². The van der Waals surface area contributed by atoms with Gasteiger partial charge in [0.2, 0.25) is 0 Å². The third-order valence-corrected chi connectivity index (χ3v) is 23.7. The summed E-state index contributed by atoms with van der Waals surface area (Å²) in [5, 5.41) is 0. The zero-order valence-electron chi connectivity index (χ0n) is 55.4. The molecule has 0 nitrogen and oxygen atoms in total. The summed E-state index contributed by atoms with van der Waals surface area (Å²) in [5.41, 5.74) is 11.8. The molecule has 0 N–H and O–H groups in total. The molecule has 0 saturated heterocycles. The summed E-state index contributed by atoms with van der Waals surface area (Å²) < 4.78 is 0. The molecule has 7 aromatic rings. The Morgan fingerprint density at radius 1 is 0.220 bits per heavy atom. The Labute approximate surface area is 551 Å². The molecule has 16 bridgehead atoms. The summed E-state index contributed by atoms with van der Waals surface area (Å²) in [4.78, 5) is 0. The molecule has 8 atom stereocenters. The van der Waals surface area contributed by atoms with Crippen molar-refractivity contribution in [3.05, 3.63) is 251 Å². The molecule has 14 aliphatic carbocycles. The van der Waals surface area contributed by atoms with Crippen LogP contribution in [-0.4, -0.2) is 0 Å². The largest absolute Gasteiger partial charge is 0.115 e. The van der Waals surface area contributed by atoms with Gasteiger partial charge in [0.1, 0.15) is 0 Å². The molecular formula is C91H96. The van der Waals surface area contributed by atoms with Crippen molar-refractivity contribution in [3.8, 4) is 86.4 Å². The van der Waals surface area contributed by atoms with Gasteiger partial charge in [0.25, 0.3) is 0 Å². The first-order valence-electron chi connectivity index (χ1n) is 33.4. The number of hydrogen-bond donors (Lipinski definition) is 0. The van der Waals surface area contributed by atoms with Gasteiger partial charge in [0.05, 0.1) is 0 Å². The Morgan fingerprint density at radius 3 is 0.571 bits per heavy atom. The van der Waals surface area contributed by atoms with Gasteiger partial charge in [-0.05, 0) is 253 Å². The first-order valence-corrected chi connectivity index (χ1v) is 33.4. The summed E-state index contributed by atoms with van der Waals surface area (Å²) in [5.74, 6) is 27.7. The predicted octanol–water partition coefficient (Wildman–Crippen LogP) is 21.1. The van der Waals surface area contributed by atoms with Gasteiger partial charge in [-0.15, -0.1) is 45.0 Å². The molecule has 0 heteroatoms. The van der Waals surface area contributed by atoms with E-state index in [4.69, 9.17) is 45.0 Å². The van der Waals surface area contributed by atoms with Crippen LogP contribution in [0.5, 0.6) is 0 Å². The van der Waals surface area contributed by atoms with Crippen LogP contribution >= 0.6 is 0 Å². The van der Waals surface area contributed by atoms with Crippen molar-refractivity contribution in [2.45, 2.75) is 126 Å². The molecule has 7 aromatic carbocycles. The Bertz CT molecular complexity index is 3210. The molecule has 21 rings (SSSR count). The summed E-state index contributed by atoms with van der Waals surface area (Å²) in [7, 11) is 0. The first-order chi connectivity index (χ1) is 43.7. The third-order valence-electron chi connectivity index (χ3n) is 23.7. The number of terminal acetylenes is 7. The fourth-order valence-electron chi connectivity index (χ4n) is 20.8. The summed E-state index contributed by atoms with van der Waals surface area (Å²) >= 11 is 0. The van der Waals surface area contributed by atoms with E-state index < -0.39 is 0 Å². The smallest absolute Gasteiger partial charge is 0.0242 e. The van der Waals surface area contributed by atoms with E-state index in [2.05, 4.69) is 89.9 Å². The summed E-state index contributed by atoms with van der Waals surface area (Å²) in [6.45, 7) is 18.6. The number of hydrogen-bond acceptors (Lipinski definition) is 0. The van der Waals surface area contributed by atoms with E-state index in [9.17, 15) is 0 Å². The molecule has 91 heavy (non-hydrogen) atoms. The average Bonchev–Trinajstić information content (AvgIpc) is 0.663. The standard InChI is InChI=1S/C18H28.C17H26.7C8H6/c1-15-5-11-13-7-16(2)8-14(17(13,3)9-15)12(6-15)18(11,4)10-16;1-15-4-10-11-5-16(2)6-12(10)14(8-15)17(3,9-16)13(11)7-15;7*1-2-8-6-4-3-5-7-8/h11-14H,5-10H2,1-4H3;10-14H,4-9H2,1-3H3;7*1,3-7H. The molecule has 0 aliphatic heterocycles. The van der Waals surface area contributed by atoms with Crippen LogP contribution in [0.1, 0.15) is 164 Å². The quantitative estimate of drug-likeness (QED) is 0.133. The summed E-state index contributed by atoms with van der Waals surface area (Å²) in [6.07, 6.45) is 54.7. The lowest BCUT2D eigenvalue weighted by Crippen LogP contribution is -2.74. The fourth-order valence-corrected chi connectivity index (χ4v) is 20.8. The van der Waals surface area contributed by atoms with Crippen molar-refractivity contribution < 1.29 is 0 Å². The van der Waals surface area contributed by atoms with Crippen molar-refractivity contribution in [2.75, 3.05) is 0 Å². The van der Waals surface area contributed by atoms with Crippen LogP contribution in [0.3, 0.4) is 0 Å². The lowest BCUT2D eigenvalue weighted by atomic mass is 9.23. The molecule has 460 valence electrons. The van der Waals surface area contributed by atoms with Crippen molar-refractivity contribution >= 4 is 0 Å².